The first-order valence-electron chi connectivity index (χ1n) is 11.8. The third-order valence-corrected chi connectivity index (χ3v) is 8.83. The fourth-order valence-electron chi connectivity index (χ4n) is 4.93. The highest BCUT2D eigenvalue weighted by Crippen LogP contribution is 2.43. The molecule has 33 heavy (non-hydrogen) atoms. The number of benzene rings is 2. The van der Waals surface area contributed by atoms with Crippen LogP contribution < -0.4 is 0 Å². The third kappa shape index (κ3) is 6.89. The van der Waals surface area contributed by atoms with Crippen molar-refractivity contribution < 1.29 is 9.53 Å². The number of hydrogen-bond acceptors (Lipinski definition) is 5. The lowest BCUT2D eigenvalue weighted by atomic mass is 9.64. The summed E-state index contributed by atoms with van der Waals surface area (Å²) in [4.78, 5) is 18.4. The first kappa shape index (κ1) is 25.9. The van der Waals surface area contributed by atoms with Crippen LogP contribution in [0.15, 0.2) is 65.7 Å². The molecule has 5 heteroatoms. The average Bonchev–Trinajstić information content (AvgIpc) is 2.82. The number of esters is 1. The van der Waals surface area contributed by atoms with E-state index in [9.17, 15) is 4.79 Å². The molecule has 1 aliphatic carbocycles. The summed E-state index contributed by atoms with van der Waals surface area (Å²) in [6.07, 6.45) is 7.60. The van der Waals surface area contributed by atoms with E-state index in [1.807, 2.05) is 30.7 Å². The molecule has 3 nitrogen and oxygen atoms in total. The molecule has 1 fully saturated rings. The van der Waals surface area contributed by atoms with E-state index in [-0.39, 0.29) is 23.4 Å². The number of carbonyl (C=O) groups excluding carboxylic acids is 1. The lowest BCUT2D eigenvalue weighted by Gasteiger charge is -2.44. The Kier molecular flexibility index (Phi) is 9.51. The van der Waals surface area contributed by atoms with E-state index in [0.29, 0.717) is 12.3 Å². The van der Waals surface area contributed by atoms with Crippen LogP contribution in [-0.2, 0) is 21.4 Å². The first-order valence-corrected chi connectivity index (χ1v) is 14.3. The van der Waals surface area contributed by atoms with E-state index in [4.69, 9.17) is 9.73 Å². The maximum atomic E-state index is 13.6. The van der Waals surface area contributed by atoms with Crippen LogP contribution in [0.2, 0.25) is 0 Å². The number of hydrogen-bond donors (Lipinski definition) is 0. The van der Waals surface area contributed by atoms with Crippen molar-refractivity contribution in [3.05, 3.63) is 71.8 Å². The minimum Gasteiger partial charge on any atom is -0.460 e. The van der Waals surface area contributed by atoms with E-state index in [1.54, 1.807) is 23.5 Å². The lowest BCUT2D eigenvalue weighted by Crippen LogP contribution is -2.44. The Balaban J connectivity index is 1.85. The summed E-state index contributed by atoms with van der Waals surface area (Å²) >= 11 is 3.16. The normalized spacial score (nSPS) is 21.8. The molecule has 0 bridgehead atoms. The molecule has 1 saturated carbocycles. The number of thioether (sulfide) groups is 2. The Morgan fingerprint density at radius 1 is 1.03 bits per heavy atom. The zero-order valence-corrected chi connectivity index (χ0v) is 22.1. The highest BCUT2D eigenvalue weighted by molar-refractivity contribution is 8.38. The van der Waals surface area contributed by atoms with Gasteiger partial charge in [-0.05, 0) is 47.8 Å². The molecule has 0 radical (unpaired) electrons. The van der Waals surface area contributed by atoms with Gasteiger partial charge in [-0.3, -0.25) is 4.99 Å². The van der Waals surface area contributed by atoms with Crippen LogP contribution in [-0.4, -0.2) is 35.0 Å². The number of carbonyl (C=O) groups is 1. The van der Waals surface area contributed by atoms with E-state index in [0.717, 1.165) is 22.8 Å². The number of nitrogens with zero attached hydrogens (tertiary/aromatic N) is 1. The van der Waals surface area contributed by atoms with Gasteiger partial charge in [0.15, 0.2) is 6.04 Å². The minimum absolute atomic E-state index is 0.0752. The topological polar surface area (TPSA) is 38.7 Å². The molecule has 0 aromatic heterocycles. The smallest absolute Gasteiger partial charge is 0.331 e. The van der Waals surface area contributed by atoms with E-state index in [1.165, 1.54) is 12.0 Å². The van der Waals surface area contributed by atoms with Crippen LogP contribution >= 0.6 is 23.5 Å². The molecule has 0 aliphatic heterocycles. The Labute approximate surface area is 208 Å². The SMILES string of the molecule is CSC(=N[C@@H](Cc1ccccc1)C(=O)OC1CC(C)CCC1C(C)(C)c1ccccc1)SC. The Morgan fingerprint density at radius 2 is 1.64 bits per heavy atom. The molecule has 3 unspecified atom stereocenters. The summed E-state index contributed by atoms with van der Waals surface area (Å²) in [7, 11) is 0. The molecule has 0 amide bonds. The molecule has 0 saturated heterocycles. The van der Waals surface area contributed by atoms with Gasteiger partial charge < -0.3 is 4.74 Å². The standard InChI is InChI=1S/C28H37NO2S2/c1-20-16-17-23(28(2,3)22-14-10-7-11-15-22)25(18-20)31-26(30)24(29-27(32-4)33-5)19-21-12-8-6-9-13-21/h6-15,20,23-25H,16-19H2,1-5H3/t20?,23?,24-,25?/m0/s1. The van der Waals surface area contributed by atoms with Crippen molar-refractivity contribution in [2.45, 2.75) is 64.0 Å². The number of rotatable bonds is 7. The molecule has 1 aliphatic rings. The monoisotopic (exact) mass is 483 g/mol. The van der Waals surface area contributed by atoms with Gasteiger partial charge in [0.1, 0.15) is 10.5 Å². The van der Waals surface area contributed by atoms with Gasteiger partial charge in [-0.1, -0.05) is 87.9 Å². The second-order valence-corrected chi connectivity index (χ2v) is 11.4. The van der Waals surface area contributed by atoms with E-state index < -0.39 is 6.04 Å². The molecular weight excluding hydrogens is 446 g/mol. The van der Waals surface area contributed by atoms with Crippen molar-refractivity contribution in [3.8, 4) is 0 Å². The average molecular weight is 484 g/mol. The quantitative estimate of drug-likeness (QED) is 0.241. The van der Waals surface area contributed by atoms with Crippen LogP contribution in [0.1, 0.15) is 51.2 Å². The molecule has 4 atom stereocenters. The first-order chi connectivity index (χ1) is 15.8. The van der Waals surface area contributed by atoms with Crippen molar-refractivity contribution >= 4 is 33.9 Å². The van der Waals surface area contributed by atoms with Gasteiger partial charge in [-0.2, -0.15) is 0 Å². The predicted octanol–water partition coefficient (Wildman–Crippen LogP) is 7.01. The van der Waals surface area contributed by atoms with Gasteiger partial charge in [0.25, 0.3) is 0 Å². The van der Waals surface area contributed by atoms with Crippen molar-refractivity contribution in [2.24, 2.45) is 16.8 Å². The van der Waals surface area contributed by atoms with Crippen LogP contribution in [0.5, 0.6) is 0 Å². The second kappa shape index (κ2) is 12.1. The van der Waals surface area contributed by atoms with E-state index >= 15 is 0 Å². The van der Waals surface area contributed by atoms with Gasteiger partial charge in [0.2, 0.25) is 0 Å². The van der Waals surface area contributed by atoms with Crippen molar-refractivity contribution in [2.75, 3.05) is 12.5 Å². The third-order valence-electron chi connectivity index (χ3n) is 6.92. The fourth-order valence-corrected chi connectivity index (χ4v) is 6.06. The number of ether oxygens (including phenoxy) is 1. The highest BCUT2D eigenvalue weighted by Gasteiger charge is 2.42. The van der Waals surface area contributed by atoms with Gasteiger partial charge in [0.05, 0.1) is 0 Å². The maximum absolute atomic E-state index is 13.6. The molecule has 178 valence electrons. The zero-order chi connectivity index (χ0) is 23.8. The summed E-state index contributed by atoms with van der Waals surface area (Å²) in [6.45, 7) is 6.86. The minimum atomic E-state index is -0.528. The zero-order valence-electron chi connectivity index (χ0n) is 20.5. The van der Waals surface area contributed by atoms with Gasteiger partial charge in [-0.25, -0.2) is 4.79 Å². The maximum Gasteiger partial charge on any atom is 0.331 e. The largest absolute Gasteiger partial charge is 0.460 e. The highest BCUT2D eigenvalue weighted by atomic mass is 32.2. The van der Waals surface area contributed by atoms with Crippen LogP contribution in [0.25, 0.3) is 0 Å². The summed E-state index contributed by atoms with van der Waals surface area (Å²) in [5.41, 5.74) is 2.33. The van der Waals surface area contributed by atoms with Crippen LogP contribution in [0.3, 0.4) is 0 Å². The summed E-state index contributed by atoms with van der Waals surface area (Å²) < 4.78 is 7.25. The molecule has 3 rings (SSSR count). The van der Waals surface area contributed by atoms with E-state index in [2.05, 4.69) is 63.2 Å². The summed E-state index contributed by atoms with van der Waals surface area (Å²) in [5.74, 6) is 0.629. The number of aliphatic imine (C=N–C) groups is 1. The Morgan fingerprint density at radius 3 is 2.24 bits per heavy atom. The predicted molar refractivity (Wildman–Crippen MR) is 144 cm³/mol. The lowest BCUT2D eigenvalue weighted by molar-refractivity contribution is -0.158. The van der Waals surface area contributed by atoms with Gasteiger partial charge >= 0.3 is 5.97 Å². The van der Waals surface area contributed by atoms with Crippen molar-refractivity contribution in [3.63, 3.8) is 0 Å². The molecule has 0 N–H and O–H groups in total. The van der Waals surface area contributed by atoms with Crippen molar-refractivity contribution in [1.29, 1.82) is 0 Å². The Hall–Kier alpha value is -1.72. The molecule has 2 aromatic rings. The summed E-state index contributed by atoms with van der Waals surface area (Å²) in [5, 5.41) is 0. The molecule has 2 aromatic carbocycles. The van der Waals surface area contributed by atoms with Crippen molar-refractivity contribution in [1.82, 2.24) is 0 Å². The molecule has 0 spiro atoms. The summed E-state index contributed by atoms with van der Waals surface area (Å²) in [6, 6.07) is 20.2. The van der Waals surface area contributed by atoms with Crippen LogP contribution in [0, 0.1) is 11.8 Å². The van der Waals surface area contributed by atoms with Crippen LogP contribution in [0.4, 0.5) is 0 Å². The second-order valence-electron chi connectivity index (χ2n) is 9.60. The fraction of sp³-hybridized carbons (Fsp3) is 0.500. The Bertz CT molecular complexity index is 908. The molecule has 0 heterocycles. The van der Waals surface area contributed by atoms with Gasteiger partial charge in [-0.15, -0.1) is 23.5 Å². The molecular formula is C28H37NO2S2. The van der Waals surface area contributed by atoms with Gasteiger partial charge in [0, 0.05) is 12.3 Å².